The number of aromatic nitrogens is 2. The van der Waals surface area contributed by atoms with E-state index in [1.807, 2.05) is 0 Å². The normalized spacial score (nSPS) is 10.3. The summed E-state index contributed by atoms with van der Waals surface area (Å²) in [6.45, 7) is 1.60. The lowest BCUT2D eigenvalue weighted by Crippen LogP contribution is -2.05. The van der Waals surface area contributed by atoms with Gasteiger partial charge < -0.3 is 10.1 Å². The first-order valence-electron chi connectivity index (χ1n) is 5.03. The van der Waals surface area contributed by atoms with Gasteiger partial charge in [0.05, 0.1) is 12.4 Å². The van der Waals surface area contributed by atoms with E-state index in [1.54, 1.807) is 7.11 Å². The van der Waals surface area contributed by atoms with Gasteiger partial charge in [-0.2, -0.15) is 0 Å². The monoisotopic (exact) mass is 213 g/mol. The molecule has 5 heteroatoms. The fraction of sp³-hybridized carbons (Fsp3) is 0.600. The number of hydrogen-bond donors (Lipinski definition) is 1. The SMILES string of the molecule is COCCCCCNc1ncc(F)cn1. The van der Waals surface area contributed by atoms with Crippen LogP contribution in [0.3, 0.4) is 0 Å². The van der Waals surface area contributed by atoms with Gasteiger partial charge in [-0.3, -0.25) is 0 Å². The van der Waals surface area contributed by atoms with Crippen LogP contribution in [-0.2, 0) is 4.74 Å². The Kier molecular flexibility index (Phi) is 5.62. The summed E-state index contributed by atoms with van der Waals surface area (Å²) in [5.74, 6) is 0.0591. The topological polar surface area (TPSA) is 47.0 Å². The van der Waals surface area contributed by atoms with Crippen molar-refractivity contribution >= 4 is 5.95 Å². The molecule has 1 aromatic heterocycles. The van der Waals surface area contributed by atoms with Gasteiger partial charge in [0.15, 0.2) is 5.82 Å². The molecule has 0 spiro atoms. The Morgan fingerprint density at radius 2 is 2.00 bits per heavy atom. The largest absolute Gasteiger partial charge is 0.385 e. The van der Waals surface area contributed by atoms with E-state index in [4.69, 9.17) is 4.74 Å². The predicted molar refractivity (Wildman–Crippen MR) is 56.2 cm³/mol. The van der Waals surface area contributed by atoms with E-state index >= 15 is 0 Å². The zero-order valence-electron chi connectivity index (χ0n) is 8.87. The van der Waals surface area contributed by atoms with Gasteiger partial charge in [-0.05, 0) is 19.3 Å². The number of halogens is 1. The molecule has 1 aromatic rings. The molecule has 0 fully saturated rings. The maximum atomic E-state index is 12.4. The summed E-state index contributed by atoms with van der Waals surface area (Å²) >= 11 is 0. The lowest BCUT2D eigenvalue weighted by Gasteiger charge is -2.03. The van der Waals surface area contributed by atoms with E-state index in [9.17, 15) is 4.39 Å². The molecule has 0 saturated heterocycles. The molecular formula is C10H16FN3O. The summed E-state index contributed by atoms with van der Waals surface area (Å²) in [6, 6.07) is 0. The highest BCUT2D eigenvalue weighted by Crippen LogP contribution is 2.00. The van der Waals surface area contributed by atoms with Gasteiger partial charge in [0, 0.05) is 20.3 Å². The summed E-state index contributed by atoms with van der Waals surface area (Å²) in [6.07, 6.45) is 5.50. The molecule has 84 valence electrons. The molecule has 1 N–H and O–H groups in total. The molecule has 0 saturated carbocycles. The summed E-state index contributed by atoms with van der Waals surface area (Å²) in [5.41, 5.74) is 0. The highest BCUT2D eigenvalue weighted by molar-refractivity contribution is 5.21. The van der Waals surface area contributed by atoms with Crippen LogP contribution in [0.15, 0.2) is 12.4 Å². The highest BCUT2D eigenvalue weighted by atomic mass is 19.1. The smallest absolute Gasteiger partial charge is 0.222 e. The minimum Gasteiger partial charge on any atom is -0.385 e. The number of nitrogens with one attached hydrogen (secondary N) is 1. The van der Waals surface area contributed by atoms with Crippen LogP contribution in [0.5, 0.6) is 0 Å². The van der Waals surface area contributed by atoms with E-state index in [2.05, 4.69) is 15.3 Å². The summed E-state index contributed by atoms with van der Waals surface area (Å²) in [4.78, 5) is 7.58. The van der Waals surface area contributed by atoms with Crippen molar-refractivity contribution < 1.29 is 9.13 Å². The molecule has 4 nitrogen and oxygen atoms in total. The van der Waals surface area contributed by atoms with Gasteiger partial charge in [-0.25, -0.2) is 14.4 Å². The van der Waals surface area contributed by atoms with Gasteiger partial charge in [0.2, 0.25) is 5.95 Å². The number of hydrogen-bond acceptors (Lipinski definition) is 4. The van der Waals surface area contributed by atoms with Crippen molar-refractivity contribution in [3.8, 4) is 0 Å². The minimum atomic E-state index is -0.416. The Hall–Kier alpha value is -1.23. The van der Waals surface area contributed by atoms with Crippen LogP contribution in [0.4, 0.5) is 10.3 Å². The standard InChI is InChI=1S/C10H16FN3O/c1-15-6-4-2-3-5-12-10-13-7-9(11)8-14-10/h7-8H,2-6H2,1H3,(H,12,13,14). The molecule has 0 aliphatic carbocycles. The fourth-order valence-corrected chi connectivity index (χ4v) is 1.15. The Balaban J connectivity index is 2.07. The number of rotatable bonds is 7. The molecular weight excluding hydrogens is 197 g/mol. The lowest BCUT2D eigenvalue weighted by atomic mass is 10.2. The van der Waals surface area contributed by atoms with Crippen molar-refractivity contribution in [3.63, 3.8) is 0 Å². The number of nitrogens with zero attached hydrogens (tertiary/aromatic N) is 2. The second-order valence-electron chi connectivity index (χ2n) is 3.21. The third kappa shape index (κ3) is 5.27. The van der Waals surface area contributed by atoms with Crippen LogP contribution < -0.4 is 5.32 Å². The average Bonchev–Trinajstić information content (AvgIpc) is 2.26. The van der Waals surface area contributed by atoms with E-state index in [0.29, 0.717) is 5.95 Å². The summed E-state index contributed by atoms with van der Waals surface area (Å²) < 4.78 is 17.4. The number of anilines is 1. The van der Waals surface area contributed by atoms with E-state index in [-0.39, 0.29) is 0 Å². The second-order valence-corrected chi connectivity index (χ2v) is 3.21. The molecule has 1 heterocycles. The number of methoxy groups -OCH3 is 1. The maximum Gasteiger partial charge on any atom is 0.222 e. The summed E-state index contributed by atoms with van der Waals surface area (Å²) in [5, 5.41) is 3.02. The summed E-state index contributed by atoms with van der Waals surface area (Å²) in [7, 11) is 1.70. The Bertz CT molecular complexity index is 266. The molecule has 15 heavy (non-hydrogen) atoms. The number of unbranched alkanes of at least 4 members (excludes halogenated alkanes) is 2. The van der Waals surface area contributed by atoms with Gasteiger partial charge in [0.25, 0.3) is 0 Å². The molecule has 0 atom stereocenters. The quantitative estimate of drug-likeness (QED) is 0.702. The first kappa shape index (κ1) is 11.8. The molecule has 0 radical (unpaired) electrons. The van der Waals surface area contributed by atoms with Gasteiger partial charge in [-0.15, -0.1) is 0 Å². The first-order chi connectivity index (χ1) is 7.33. The third-order valence-electron chi connectivity index (χ3n) is 1.93. The second kappa shape index (κ2) is 7.11. The van der Waals surface area contributed by atoms with Crippen molar-refractivity contribution in [2.45, 2.75) is 19.3 Å². The average molecular weight is 213 g/mol. The predicted octanol–water partition coefficient (Wildman–Crippen LogP) is 1.84. The molecule has 1 rings (SSSR count). The molecule has 0 aromatic carbocycles. The fourth-order valence-electron chi connectivity index (χ4n) is 1.15. The molecule has 0 aliphatic rings. The zero-order chi connectivity index (χ0) is 10.9. The van der Waals surface area contributed by atoms with Crippen LogP contribution in [0.25, 0.3) is 0 Å². The first-order valence-corrected chi connectivity index (χ1v) is 5.03. The van der Waals surface area contributed by atoms with Crippen molar-refractivity contribution in [2.75, 3.05) is 25.6 Å². The minimum absolute atomic E-state index is 0.416. The Labute approximate surface area is 88.9 Å². The van der Waals surface area contributed by atoms with Gasteiger partial charge in [-0.1, -0.05) is 0 Å². The van der Waals surface area contributed by atoms with Crippen LogP contribution >= 0.6 is 0 Å². The van der Waals surface area contributed by atoms with Crippen molar-refractivity contribution in [3.05, 3.63) is 18.2 Å². The van der Waals surface area contributed by atoms with Crippen LogP contribution in [-0.4, -0.2) is 30.2 Å². The molecule has 0 amide bonds. The van der Waals surface area contributed by atoms with Crippen LogP contribution in [0.1, 0.15) is 19.3 Å². The van der Waals surface area contributed by atoms with Crippen LogP contribution in [0, 0.1) is 5.82 Å². The molecule has 0 bridgehead atoms. The van der Waals surface area contributed by atoms with E-state index in [1.165, 1.54) is 0 Å². The Morgan fingerprint density at radius 3 is 2.67 bits per heavy atom. The van der Waals surface area contributed by atoms with Crippen molar-refractivity contribution in [2.24, 2.45) is 0 Å². The highest BCUT2D eigenvalue weighted by Gasteiger charge is 1.95. The van der Waals surface area contributed by atoms with Gasteiger partial charge >= 0.3 is 0 Å². The molecule has 0 aliphatic heterocycles. The zero-order valence-corrected chi connectivity index (χ0v) is 8.87. The van der Waals surface area contributed by atoms with E-state index in [0.717, 1.165) is 44.8 Å². The van der Waals surface area contributed by atoms with Crippen molar-refractivity contribution in [1.82, 2.24) is 9.97 Å². The molecule has 0 unspecified atom stereocenters. The third-order valence-corrected chi connectivity index (χ3v) is 1.93. The van der Waals surface area contributed by atoms with E-state index < -0.39 is 5.82 Å². The van der Waals surface area contributed by atoms with Gasteiger partial charge in [0.1, 0.15) is 0 Å². The maximum absolute atomic E-state index is 12.4. The lowest BCUT2D eigenvalue weighted by molar-refractivity contribution is 0.192. The Morgan fingerprint density at radius 1 is 1.27 bits per heavy atom. The number of ether oxygens (including phenoxy) is 1. The van der Waals surface area contributed by atoms with Crippen LogP contribution in [0.2, 0.25) is 0 Å². The van der Waals surface area contributed by atoms with Crippen molar-refractivity contribution in [1.29, 1.82) is 0 Å².